The monoisotopic (exact) mass is 309 g/mol. The molecule has 6 heteroatoms. The zero-order chi connectivity index (χ0) is 15.5. The molecule has 0 aromatic heterocycles. The summed E-state index contributed by atoms with van der Waals surface area (Å²) in [5.74, 6) is 5.47. The third kappa shape index (κ3) is 3.97. The van der Waals surface area contributed by atoms with E-state index in [4.69, 9.17) is 9.84 Å². The Morgan fingerprint density at radius 1 is 1.43 bits per heavy atom. The minimum absolute atomic E-state index is 0.0685. The summed E-state index contributed by atoms with van der Waals surface area (Å²) in [5, 5.41) is 8.71. The van der Waals surface area contributed by atoms with Crippen LogP contribution in [0.4, 0.5) is 0 Å². The molecule has 2 rings (SSSR count). The van der Waals surface area contributed by atoms with Crippen molar-refractivity contribution in [3.05, 3.63) is 23.8 Å². The van der Waals surface area contributed by atoms with E-state index in [-0.39, 0.29) is 22.7 Å². The van der Waals surface area contributed by atoms with Crippen molar-refractivity contribution < 1.29 is 18.3 Å². The summed E-state index contributed by atoms with van der Waals surface area (Å²) < 4.78 is 32.6. The van der Waals surface area contributed by atoms with Crippen LogP contribution in [-0.4, -0.2) is 33.8 Å². The molecule has 1 aromatic rings. The van der Waals surface area contributed by atoms with Crippen molar-refractivity contribution in [2.75, 3.05) is 20.3 Å². The van der Waals surface area contributed by atoms with E-state index in [1.165, 1.54) is 13.2 Å². The van der Waals surface area contributed by atoms with Crippen LogP contribution < -0.4 is 9.46 Å². The Labute approximate surface area is 125 Å². The summed E-state index contributed by atoms with van der Waals surface area (Å²) in [7, 11) is -2.22. The molecule has 0 unspecified atom stereocenters. The number of rotatable bonds is 5. The smallest absolute Gasteiger partial charge is 0.244 e. The molecule has 0 aliphatic heterocycles. The lowest BCUT2D eigenvalue weighted by Crippen LogP contribution is -2.29. The summed E-state index contributed by atoms with van der Waals surface area (Å²) in [6.45, 7) is 2.20. The molecule has 1 aliphatic rings. The molecule has 0 spiro atoms. The zero-order valence-corrected chi connectivity index (χ0v) is 13.0. The third-order valence-electron chi connectivity index (χ3n) is 3.56. The van der Waals surface area contributed by atoms with Crippen molar-refractivity contribution in [3.8, 4) is 17.6 Å². The molecular formula is C15H19NO4S. The average molecular weight is 309 g/mol. The molecule has 0 radical (unpaired) electrons. The highest BCUT2D eigenvalue weighted by Gasteiger charge is 2.38. The van der Waals surface area contributed by atoms with Crippen LogP contribution >= 0.6 is 0 Å². The minimum Gasteiger partial charge on any atom is -0.495 e. The molecular weight excluding hydrogens is 290 g/mol. The highest BCUT2D eigenvalue weighted by Crippen LogP contribution is 2.44. The number of nitrogens with one attached hydrogen (secondary N) is 1. The van der Waals surface area contributed by atoms with E-state index < -0.39 is 10.0 Å². The van der Waals surface area contributed by atoms with E-state index in [9.17, 15) is 8.42 Å². The Morgan fingerprint density at radius 3 is 2.71 bits per heavy atom. The summed E-state index contributed by atoms with van der Waals surface area (Å²) in [4.78, 5) is 0.0685. The average Bonchev–Trinajstić information content (AvgIpc) is 3.21. The fourth-order valence-electron chi connectivity index (χ4n) is 1.84. The maximum atomic E-state index is 12.4. The van der Waals surface area contributed by atoms with Gasteiger partial charge < -0.3 is 9.84 Å². The SMILES string of the molecule is COc1ccc(C#CCO)cc1S(=O)(=O)NCC1(C)CC1. The molecule has 5 nitrogen and oxygen atoms in total. The standard InChI is InChI=1S/C15H19NO4S/c1-15(7-8-15)11-16-21(18,19)14-10-12(4-3-9-17)5-6-13(14)20-2/h5-6,10,16-17H,7-9,11H2,1-2H3. The van der Waals surface area contributed by atoms with Crippen molar-refractivity contribution in [2.45, 2.75) is 24.7 Å². The van der Waals surface area contributed by atoms with E-state index in [2.05, 4.69) is 23.5 Å². The predicted molar refractivity (Wildman–Crippen MR) is 79.5 cm³/mol. The summed E-state index contributed by atoms with van der Waals surface area (Å²) in [6.07, 6.45) is 2.07. The lowest BCUT2D eigenvalue weighted by atomic mass is 10.2. The van der Waals surface area contributed by atoms with Crippen molar-refractivity contribution >= 4 is 10.0 Å². The van der Waals surface area contributed by atoms with Crippen LogP contribution in [0.5, 0.6) is 5.75 Å². The first-order valence-corrected chi connectivity index (χ1v) is 8.16. The van der Waals surface area contributed by atoms with Crippen LogP contribution in [0.25, 0.3) is 0 Å². The van der Waals surface area contributed by atoms with Gasteiger partial charge in [-0.25, -0.2) is 13.1 Å². The summed E-state index contributed by atoms with van der Waals surface area (Å²) in [6, 6.07) is 4.68. The second kappa shape index (κ2) is 6.06. The van der Waals surface area contributed by atoms with E-state index >= 15 is 0 Å². The molecule has 2 N–H and O–H groups in total. The molecule has 21 heavy (non-hydrogen) atoms. The number of methoxy groups -OCH3 is 1. The van der Waals surface area contributed by atoms with Crippen LogP contribution in [-0.2, 0) is 10.0 Å². The van der Waals surface area contributed by atoms with Gasteiger partial charge >= 0.3 is 0 Å². The predicted octanol–water partition coefficient (Wildman–Crippen LogP) is 1.12. The van der Waals surface area contributed by atoms with E-state index in [1.54, 1.807) is 12.1 Å². The van der Waals surface area contributed by atoms with Gasteiger partial charge in [-0.3, -0.25) is 0 Å². The summed E-state index contributed by atoms with van der Waals surface area (Å²) in [5.41, 5.74) is 0.595. The van der Waals surface area contributed by atoms with Gasteiger partial charge in [-0.15, -0.1) is 0 Å². The molecule has 0 bridgehead atoms. The first-order valence-electron chi connectivity index (χ1n) is 6.68. The molecule has 1 fully saturated rings. The van der Waals surface area contributed by atoms with Gasteiger partial charge in [0.05, 0.1) is 7.11 Å². The Balaban J connectivity index is 2.30. The highest BCUT2D eigenvalue weighted by molar-refractivity contribution is 7.89. The van der Waals surface area contributed by atoms with Gasteiger partial charge in [0.15, 0.2) is 0 Å². The van der Waals surface area contributed by atoms with Crippen molar-refractivity contribution in [3.63, 3.8) is 0 Å². The first-order chi connectivity index (χ1) is 9.90. The van der Waals surface area contributed by atoms with E-state index in [0.717, 1.165) is 12.8 Å². The summed E-state index contributed by atoms with van der Waals surface area (Å²) >= 11 is 0. The van der Waals surface area contributed by atoms with E-state index in [1.807, 2.05) is 0 Å². The lowest BCUT2D eigenvalue weighted by molar-refractivity contribution is 0.350. The van der Waals surface area contributed by atoms with Gasteiger partial charge in [-0.1, -0.05) is 18.8 Å². The van der Waals surface area contributed by atoms with E-state index in [0.29, 0.717) is 12.1 Å². The lowest BCUT2D eigenvalue weighted by Gasteiger charge is -2.13. The Kier molecular flexibility index (Phi) is 4.57. The van der Waals surface area contributed by atoms with Gasteiger partial charge in [-0.2, -0.15) is 0 Å². The third-order valence-corrected chi connectivity index (χ3v) is 4.98. The van der Waals surface area contributed by atoms with Crippen LogP contribution in [0.15, 0.2) is 23.1 Å². The second-order valence-corrected chi connectivity index (χ2v) is 7.20. The largest absolute Gasteiger partial charge is 0.495 e. The molecule has 0 saturated heterocycles. The molecule has 1 aliphatic carbocycles. The van der Waals surface area contributed by atoms with Crippen molar-refractivity contribution in [2.24, 2.45) is 5.41 Å². The topological polar surface area (TPSA) is 75.6 Å². The number of ether oxygens (including phenoxy) is 1. The molecule has 0 amide bonds. The Hall–Kier alpha value is -1.55. The number of aliphatic hydroxyl groups is 1. The molecule has 114 valence electrons. The maximum absolute atomic E-state index is 12.4. The highest BCUT2D eigenvalue weighted by atomic mass is 32.2. The number of sulfonamides is 1. The van der Waals surface area contributed by atoms with Gasteiger partial charge in [0.2, 0.25) is 10.0 Å². The van der Waals surface area contributed by atoms with Crippen LogP contribution in [0.1, 0.15) is 25.3 Å². The molecule has 1 saturated carbocycles. The molecule has 0 heterocycles. The normalized spacial score (nSPS) is 16.0. The minimum atomic E-state index is -3.65. The van der Waals surface area contributed by atoms with Gasteiger partial charge in [-0.05, 0) is 36.5 Å². The Morgan fingerprint density at radius 2 is 2.14 bits per heavy atom. The van der Waals surface area contributed by atoms with Crippen LogP contribution in [0.2, 0.25) is 0 Å². The first kappa shape index (κ1) is 15.8. The Bertz CT molecular complexity index is 681. The zero-order valence-electron chi connectivity index (χ0n) is 12.1. The van der Waals surface area contributed by atoms with Gasteiger partial charge in [0, 0.05) is 12.1 Å². The molecule has 0 atom stereocenters. The number of aliphatic hydroxyl groups excluding tert-OH is 1. The van der Waals surface area contributed by atoms with Gasteiger partial charge in [0.1, 0.15) is 17.3 Å². The quantitative estimate of drug-likeness (QED) is 0.799. The fraction of sp³-hybridized carbons (Fsp3) is 0.467. The maximum Gasteiger partial charge on any atom is 0.244 e. The van der Waals surface area contributed by atoms with Gasteiger partial charge in [0.25, 0.3) is 0 Å². The second-order valence-electron chi connectivity index (χ2n) is 5.46. The van der Waals surface area contributed by atoms with Crippen molar-refractivity contribution in [1.82, 2.24) is 4.72 Å². The number of benzene rings is 1. The van der Waals surface area contributed by atoms with Crippen molar-refractivity contribution in [1.29, 1.82) is 0 Å². The number of hydrogen-bond acceptors (Lipinski definition) is 4. The van der Waals surface area contributed by atoms with Crippen LogP contribution in [0.3, 0.4) is 0 Å². The number of hydrogen-bond donors (Lipinski definition) is 2. The molecule has 1 aromatic carbocycles. The van der Waals surface area contributed by atoms with Crippen LogP contribution in [0, 0.1) is 17.3 Å². The fourth-order valence-corrected chi connectivity index (χ4v) is 3.24.